The molecule has 0 unspecified atom stereocenters. The van der Waals surface area contributed by atoms with Gasteiger partial charge in [-0.05, 0) is 23.6 Å². The summed E-state index contributed by atoms with van der Waals surface area (Å²) in [7, 11) is 2.15. The topological polar surface area (TPSA) is 3.24 Å². The van der Waals surface area contributed by atoms with Gasteiger partial charge in [0.25, 0.3) is 0 Å². The molecule has 0 N–H and O–H groups in total. The smallest absolute Gasteiger partial charge is 0.0231 e. The van der Waals surface area contributed by atoms with Gasteiger partial charge in [-0.3, -0.25) is 0 Å². The van der Waals surface area contributed by atoms with Crippen molar-refractivity contribution in [2.45, 2.75) is 32.7 Å². The third kappa shape index (κ3) is 4.26. The lowest BCUT2D eigenvalue weighted by Crippen LogP contribution is -2.20. The average molecular weight is 284 g/mol. The summed E-state index contributed by atoms with van der Waals surface area (Å²) in [6.07, 6.45) is 0. The molecule has 0 atom stereocenters. The minimum atomic E-state index is 0.250. The van der Waals surface area contributed by atoms with Crippen LogP contribution in [0.2, 0.25) is 0 Å². The molecule has 0 spiro atoms. The van der Waals surface area contributed by atoms with Crippen molar-refractivity contribution >= 4 is 15.9 Å². The quantitative estimate of drug-likeness (QED) is 0.760. The number of rotatable bonds is 4. The standard InChI is InChI=1S/C14H22BrN/c1-14(2,3)13-7-5-12(6-8-13)11-16(4)10-9-15/h5-8H,9-11H2,1-4H3. The Morgan fingerprint density at radius 2 is 1.69 bits per heavy atom. The molecule has 90 valence electrons. The lowest BCUT2D eigenvalue weighted by atomic mass is 9.87. The fourth-order valence-corrected chi connectivity index (χ4v) is 2.25. The van der Waals surface area contributed by atoms with Crippen molar-refractivity contribution in [1.29, 1.82) is 0 Å². The van der Waals surface area contributed by atoms with Gasteiger partial charge < -0.3 is 4.90 Å². The molecule has 1 nitrogen and oxygen atoms in total. The predicted molar refractivity (Wildman–Crippen MR) is 75.3 cm³/mol. The second-order valence-electron chi connectivity index (χ2n) is 5.37. The molecule has 0 heterocycles. The molecule has 0 amide bonds. The van der Waals surface area contributed by atoms with Gasteiger partial charge in [0.1, 0.15) is 0 Å². The second kappa shape index (κ2) is 5.83. The van der Waals surface area contributed by atoms with Gasteiger partial charge >= 0.3 is 0 Å². The first kappa shape index (κ1) is 13.7. The van der Waals surface area contributed by atoms with E-state index in [1.807, 2.05) is 0 Å². The largest absolute Gasteiger partial charge is 0.301 e. The number of halogens is 1. The van der Waals surface area contributed by atoms with Crippen LogP contribution >= 0.6 is 15.9 Å². The molecule has 16 heavy (non-hydrogen) atoms. The van der Waals surface area contributed by atoms with Gasteiger partial charge in [0.15, 0.2) is 0 Å². The lowest BCUT2D eigenvalue weighted by molar-refractivity contribution is 0.349. The van der Waals surface area contributed by atoms with Crippen LogP contribution in [-0.2, 0) is 12.0 Å². The summed E-state index contributed by atoms with van der Waals surface area (Å²) in [5, 5.41) is 1.03. The van der Waals surface area contributed by atoms with Crippen LogP contribution in [-0.4, -0.2) is 23.8 Å². The highest BCUT2D eigenvalue weighted by molar-refractivity contribution is 9.09. The minimum Gasteiger partial charge on any atom is -0.301 e. The van der Waals surface area contributed by atoms with E-state index >= 15 is 0 Å². The zero-order valence-electron chi connectivity index (χ0n) is 10.8. The molecule has 0 radical (unpaired) electrons. The second-order valence-corrected chi connectivity index (χ2v) is 6.17. The van der Waals surface area contributed by atoms with Crippen molar-refractivity contribution in [3.8, 4) is 0 Å². The Hall–Kier alpha value is -0.340. The van der Waals surface area contributed by atoms with Gasteiger partial charge in [-0.15, -0.1) is 0 Å². The molecule has 0 aromatic heterocycles. The molecule has 0 fully saturated rings. The highest BCUT2D eigenvalue weighted by Crippen LogP contribution is 2.22. The van der Waals surface area contributed by atoms with E-state index in [2.05, 4.69) is 72.9 Å². The first-order valence-electron chi connectivity index (χ1n) is 5.77. The number of nitrogens with zero attached hydrogens (tertiary/aromatic N) is 1. The Bertz CT molecular complexity index is 311. The zero-order valence-corrected chi connectivity index (χ0v) is 12.3. The third-order valence-corrected chi connectivity index (χ3v) is 3.09. The first-order valence-corrected chi connectivity index (χ1v) is 6.89. The SMILES string of the molecule is CN(CCBr)Cc1ccc(C(C)(C)C)cc1. The van der Waals surface area contributed by atoms with Crippen LogP contribution in [0.1, 0.15) is 31.9 Å². The molecule has 1 rings (SSSR count). The van der Waals surface area contributed by atoms with Crippen molar-refractivity contribution in [3.63, 3.8) is 0 Å². The summed E-state index contributed by atoms with van der Waals surface area (Å²) < 4.78 is 0. The molecular formula is C14H22BrN. The van der Waals surface area contributed by atoms with Crippen LogP contribution < -0.4 is 0 Å². The average Bonchev–Trinajstić information content (AvgIpc) is 2.17. The lowest BCUT2D eigenvalue weighted by Gasteiger charge is -2.20. The number of alkyl halides is 1. The van der Waals surface area contributed by atoms with E-state index in [4.69, 9.17) is 0 Å². The number of hydrogen-bond donors (Lipinski definition) is 0. The fraction of sp³-hybridized carbons (Fsp3) is 0.571. The highest BCUT2D eigenvalue weighted by Gasteiger charge is 2.12. The fourth-order valence-electron chi connectivity index (χ4n) is 1.65. The third-order valence-electron chi connectivity index (χ3n) is 2.74. The molecule has 1 aromatic rings. The Morgan fingerprint density at radius 1 is 1.12 bits per heavy atom. The Kier molecular flexibility index (Phi) is 5.00. The Morgan fingerprint density at radius 3 is 2.12 bits per heavy atom. The van der Waals surface area contributed by atoms with E-state index < -0.39 is 0 Å². The van der Waals surface area contributed by atoms with E-state index in [1.54, 1.807) is 0 Å². The van der Waals surface area contributed by atoms with Crippen LogP contribution in [0.25, 0.3) is 0 Å². The molecule has 0 aliphatic rings. The summed E-state index contributed by atoms with van der Waals surface area (Å²) in [4.78, 5) is 2.32. The van der Waals surface area contributed by atoms with E-state index in [0.717, 1.165) is 18.4 Å². The van der Waals surface area contributed by atoms with E-state index in [0.29, 0.717) is 0 Å². The molecule has 0 bridgehead atoms. The van der Waals surface area contributed by atoms with Gasteiger partial charge in [0.2, 0.25) is 0 Å². The molecule has 0 saturated heterocycles. The highest BCUT2D eigenvalue weighted by atomic mass is 79.9. The van der Waals surface area contributed by atoms with Gasteiger partial charge in [0.05, 0.1) is 0 Å². The summed E-state index contributed by atoms with van der Waals surface area (Å²) in [6.45, 7) is 8.86. The summed E-state index contributed by atoms with van der Waals surface area (Å²) in [5.41, 5.74) is 3.04. The molecule has 2 heteroatoms. The number of hydrogen-bond acceptors (Lipinski definition) is 1. The van der Waals surface area contributed by atoms with Crippen molar-refractivity contribution in [1.82, 2.24) is 4.90 Å². The molecule has 0 aliphatic heterocycles. The van der Waals surface area contributed by atoms with Gasteiger partial charge in [0, 0.05) is 18.4 Å². The van der Waals surface area contributed by atoms with Crippen molar-refractivity contribution in [2.75, 3.05) is 18.9 Å². The maximum atomic E-state index is 3.46. The normalized spacial score (nSPS) is 12.1. The van der Waals surface area contributed by atoms with Crippen LogP contribution in [0.3, 0.4) is 0 Å². The van der Waals surface area contributed by atoms with Crippen molar-refractivity contribution in [2.24, 2.45) is 0 Å². The van der Waals surface area contributed by atoms with Crippen LogP contribution in [0, 0.1) is 0 Å². The molecule has 0 aliphatic carbocycles. The Labute approximate surface area is 108 Å². The summed E-state index contributed by atoms with van der Waals surface area (Å²) >= 11 is 3.46. The van der Waals surface area contributed by atoms with E-state index in [9.17, 15) is 0 Å². The van der Waals surface area contributed by atoms with Crippen molar-refractivity contribution < 1.29 is 0 Å². The first-order chi connectivity index (χ1) is 7.43. The van der Waals surface area contributed by atoms with Crippen LogP contribution in [0.5, 0.6) is 0 Å². The maximum Gasteiger partial charge on any atom is 0.0231 e. The minimum absolute atomic E-state index is 0.250. The van der Waals surface area contributed by atoms with E-state index in [1.165, 1.54) is 11.1 Å². The molecular weight excluding hydrogens is 262 g/mol. The van der Waals surface area contributed by atoms with Crippen LogP contribution in [0.15, 0.2) is 24.3 Å². The molecule has 0 saturated carbocycles. The van der Waals surface area contributed by atoms with Gasteiger partial charge in [-0.2, -0.15) is 0 Å². The maximum absolute atomic E-state index is 3.46. The Balaban J connectivity index is 2.65. The number of benzene rings is 1. The van der Waals surface area contributed by atoms with Crippen LogP contribution in [0.4, 0.5) is 0 Å². The van der Waals surface area contributed by atoms with Gasteiger partial charge in [-0.1, -0.05) is 61.0 Å². The van der Waals surface area contributed by atoms with E-state index in [-0.39, 0.29) is 5.41 Å². The zero-order chi connectivity index (χ0) is 12.2. The molecule has 1 aromatic carbocycles. The summed E-state index contributed by atoms with van der Waals surface area (Å²) in [6, 6.07) is 8.98. The predicted octanol–water partition coefficient (Wildman–Crippen LogP) is 3.81. The summed E-state index contributed by atoms with van der Waals surface area (Å²) in [5.74, 6) is 0. The van der Waals surface area contributed by atoms with Crippen molar-refractivity contribution in [3.05, 3.63) is 35.4 Å². The van der Waals surface area contributed by atoms with Gasteiger partial charge in [-0.25, -0.2) is 0 Å². The monoisotopic (exact) mass is 283 g/mol.